The molecule has 0 bridgehead atoms. The summed E-state index contributed by atoms with van der Waals surface area (Å²) in [6, 6.07) is 7.70. The standard InChI is InChI=1S/C17H26FN3/c18-15-3-7-17(8-4-15)21-13-11-20(12-14-21)10-2-1-9-19-16-5-6-16/h3-4,7-8,16,19H,1-2,5-6,9-14H2. The molecule has 21 heavy (non-hydrogen) atoms. The monoisotopic (exact) mass is 291 g/mol. The molecule has 116 valence electrons. The molecule has 1 aliphatic heterocycles. The molecular weight excluding hydrogens is 265 g/mol. The van der Waals surface area contributed by atoms with Crippen LogP contribution in [0.15, 0.2) is 24.3 Å². The van der Waals surface area contributed by atoms with E-state index in [1.807, 2.05) is 12.1 Å². The van der Waals surface area contributed by atoms with E-state index in [4.69, 9.17) is 0 Å². The lowest BCUT2D eigenvalue weighted by atomic mass is 10.2. The van der Waals surface area contributed by atoms with E-state index in [1.54, 1.807) is 12.1 Å². The topological polar surface area (TPSA) is 18.5 Å². The molecule has 0 aromatic heterocycles. The Morgan fingerprint density at radius 2 is 1.71 bits per heavy atom. The number of anilines is 1. The van der Waals surface area contributed by atoms with Gasteiger partial charge in [-0.3, -0.25) is 4.90 Å². The van der Waals surface area contributed by atoms with E-state index in [1.165, 1.54) is 38.8 Å². The van der Waals surface area contributed by atoms with Gasteiger partial charge in [-0.2, -0.15) is 0 Å². The third kappa shape index (κ3) is 4.68. The first-order valence-corrected chi connectivity index (χ1v) is 8.27. The van der Waals surface area contributed by atoms with Crippen LogP contribution < -0.4 is 10.2 Å². The van der Waals surface area contributed by atoms with Crippen molar-refractivity contribution in [1.82, 2.24) is 10.2 Å². The largest absolute Gasteiger partial charge is 0.369 e. The second-order valence-electron chi connectivity index (χ2n) is 6.24. The number of unbranched alkanes of at least 4 members (excludes halogenated alkanes) is 1. The van der Waals surface area contributed by atoms with Crippen LogP contribution in [0.2, 0.25) is 0 Å². The fourth-order valence-corrected chi connectivity index (χ4v) is 2.94. The maximum absolute atomic E-state index is 12.9. The van der Waals surface area contributed by atoms with Crippen LogP contribution in [0.4, 0.5) is 10.1 Å². The highest BCUT2D eigenvalue weighted by Crippen LogP contribution is 2.19. The van der Waals surface area contributed by atoms with Crippen molar-refractivity contribution in [3.63, 3.8) is 0 Å². The summed E-state index contributed by atoms with van der Waals surface area (Å²) in [4.78, 5) is 4.90. The molecule has 0 amide bonds. The predicted molar refractivity (Wildman–Crippen MR) is 85.3 cm³/mol. The minimum absolute atomic E-state index is 0.155. The second-order valence-corrected chi connectivity index (χ2v) is 6.24. The number of halogens is 1. The molecular formula is C17H26FN3. The molecule has 3 rings (SSSR count). The van der Waals surface area contributed by atoms with Gasteiger partial charge >= 0.3 is 0 Å². The van der Waals surface area contributed by atoms with Crippen LogP contribution >= 0.6 is 0 Å². The maximum Gasteiger partial charge on any atom is 0.123 e. The van der Waals surface area contributed by atoms with Gasteiger partial charge in [-0.1, -0.05) is 0 Å². The van der Waals surface area contributed by atoms with Gasteiger partial charge in [0.25, 0.3) is 0 Å². The molecule has 1 saturated heterocycles. The lowest BCUT2D eigenvalue weighted by Crippen LogP contribution is -2.46. The Labute approximate surface area is 127 Å². The molecule has 1 aromatic carbocycles. The van der Waals surface area contributed by atoms with Gasteiger partial charge in [0, 0.05) is 37.9 Å². The van der Waals surface area contributed by atoms with Gasteiger partial charge in [0.15, 0.2) is 0 Å². The molecule has 2 aliphatic rings. The zero-order valence-electron chi connectivity index (χ0n) is 12.7. The molecule has 0 radical (unpaired) electrons. The molecule has 2 fully saturated rings. The summed E-state index contributed by atoms with van der Waals surface area (Å²) in [5.74, 6) is -0.155. The average Bonchev–Trinajstić information content (AvgIpc) is 3.33. The van der Waals surface area contributed by atoms with Crippen molar-refractivity contribution in [2.24, 2.45) is 0 Å². The van der Waals surface area contributed by atoms with Gasteiger partial charge in [-0.05, 0) is 63.0 Å². The number of nitrogens with one attached hydrogen (secondary N) is 1. The van der Waals surface area contributed by atoms with Crippen LogP contribution in [-0.4, -0.2) is 50.2 Å². The fourth-order valence-electron chi connectivity index (χ4n) is 2.94. The number of piperazine rings is 1. The summed E-state index contributed by atoms with van der Waals surface area (Å²) in [7, 11) is 0. The van der Waals surface area contributed by atoms with Crippen LogP contribution in [0.25, 0.3) is 0 Å². The highest BCUT2D eigenvalue weighted by Gasteiger charge is 2.20. The SMILES string of the molecule is Fc1ccc(N2CCN(CCCCNC3CC3)CC2)cc1. The highest BCUT2D eigenvalue weighted by molar-refractivity contribution is 5.46. The van der Waals surface area contributed by atoms with Gasteiger partial charge in [-0.15, -0.1) is 0 Å². The predicted octanol–water partition coefficient (Wildman–Crippen LogP) is 2.48. The molecule has 0 atom stereocenters. The Morgan fingerprint density at radius 3 is 2.38 bits per heavy atom. The third-order valence-corrected chi connectivity index (χ3v) is 4.48. The molecule has 1 saturated carbocycles. The summed E-state index contributed by atoms with van der Waals surface area (Å²) in [6.07, 6.45) is 5.33. The first-order chi connectivity index (χ1) is 10.3. The minimum Gasteiger partial charge on any atom is -0.369 e. The maximum atomic E-state index is 12.9. The first-order valence-electron chi connectivity index (χ1n) is 8.27. The van der Waals surface area contributed by atoms with E-state index < -0.39 is 0 Å². The third-order valence-electron chi connectivity index (χ3n) is 4.48. The Hall–Kier alpha value is -1.13. The molecule has 0 spiro atoms. The van der Waals surface area contributed by atoms with Crippen LogP contribution in [-0.2, 0) is 0 Å². The summed E-state index contributed by atoms with van der Waals surface area (Å²) in [5.41, 5.74) is 1.14. The van der Waals surface area contributed by atoms with Crippen molar-refractivity contribution in [3.05, 3.63) is 30.1 Å². The fraction of sp³-hybridized carbons (Fsp3) is 0.647. The quantitative estimate of drug-likeness (QED) is 0.779. The van der Waals surface area contributed by atoms with Crippen molar-refractivity contribution >= 4 is 5.69 Å². The smallest absolute Gasteiger partial charge is 0.123 e. The number of nitrogens with zero attached hydrogens (tertiary/aromatic N) is 2. The van der Waals surface area contributed by atoms with Crippen molar-refractivity contribution < 1.29 is 4.39 Å². The Balaban J connectivity index is 1.31. The summed E-state index contributed by atoms with van der Waals surface area (Å²) in [5, 5.41) is 3.57. The number of hydrogen-bond donors (Lipinski definition) is 1. The Bertz CT molecular complexity index is 422. The van der Waals surface area contributed by atoms with E-state index >= 15 is 0 Å². The van der Waals surface area contributed by atoms with Crippen LogP contribution in [0.3, 0.4) is 0 Å². The van der Waals surface area contributed by atoms with Gasteiger partial charge < -0.3 is 10.2 Å². The average molecular weight is 291 g/mol. The summed E-state index contributed by atoms with van der Waals surface area (Å²) in [6.45, 7) is 6.72. The van der Waals surface area contributed by atoms with E-state index in [2.05, 4.69) is 15.1 Å². The van der Waals surface area contributed by atoms with Crippen molar-refractivity contribution in [1.29, 1.82) is 0 Å². The normalized spacial score (nSPS) is 20.0. The molecule has 1 N–H and O–H groups in total. The number of rotatable bonds is 7. The van der Waals surface area contributed by atoms with Crippen LogP contribution in [0.1, 0.15) is 25.7 Å². The van der Waals surface area contributed by atoms with E-state index in [-0.39, 0.29) is 5.82 Å². The van der Waals surface area contributed by atoms with E-state index in [0.717, 1.165) is 37.9 Å². The van der Waals surface area contributed by atoms with Crippen molar-refractivity contribution in [2.45, 2.75) is 31.7 Å². The number of benzene rings is 1. The van der Waals surface area contributed by atoms with Gasteiger partial charge in [0.2, 0.25) is 0 Å². The second kappa shape index (κ2) is 7.23. The summed E-state index contributed by atoms with van der Waals surface area (Å²) >= 11 is 0. The molecule has 4 heteroatoms. The van der Waals surface area contributed by atoms with Crippen LogP contribution in [0, 0.1) is 5.82 Å². The van der Waals surface area contributed by atoms with Gasteiger partial charge in [0.1, 0.15) is 5.82 Å². The van der Waals surface area contributed by atoms with Crippen LogP contribution in [0.5, 0.6) is 0 Å². The van der Waals surface area contributed by atoms with Gasteiger partial charge in [-0.25, -0.2) is 4.39 Å². The van der Waals surface area contributed by atoms with Gasteiger partial charge in [0.05, 0.1) is 0 Å². The number of hydrogen-bond acceptors (Lipinski definition) is 3. The lowest BCUT2D eigenvalue weighted by molar-refractivity contribution is 0.252. The zero-order chi connectivity index (χ0) is 14.5. The Morgan fingerprint density at radius 1 is 1.00 bits per heavy atom. The van der Waals surface area contributed by atoms with Crippen molar-refractivity contribution in [2.75, 3.05) is 44.2 Å². The molecule has 1 aromatic rings. The molecule has 1 aliphatic carbocycles. The zero-order valence-corrected chi connectivity index (χ0v) is 12.7. The minimum atomic E-state index is -0.155. The first kappa shape index (κ1) is 14.8. The molecule has 1 heterocycles. The molecule has 3 nitrogen and oxygen atoms in total. The highest BCUT2D eigenvalue weighted by atomic mass is 19.1. The Kier molecular flexibility index (Phi) is 5.09. The molecule has 0 unspecified atom stereocenters. The van der Waals surface area contributed by atoms with E-state index in [0.29, 0.717) is 0 Å². The summed E-state index contributed by atoms with van der Waals surface area (Å²) < 4.78 is 12.9. The van der Waals surface area contributed by atoms with E-state index in [9.17, 15) is 4.39 Å². The lowest BCUT2D eigenvalue weighted by Gasteiger charge is -2.36. The van der Waals surface area contributed by atoms with Crippen molar-refractivity contribution in [3.8, 4) is 0 Å².